The number of rotatable bonds is 7. The minimum atomic E-state index is -0.281. The van der Waals surface area contributed by atoms with E-state index < -0.39 is 0 Å². The van der Waals surface area contributed by atoms with Crippen LogP contribution in [0.25, 0.3) is 10.9 Å². The van der Waals surface area contributed by atoms with Crippen molar-refractivity contribution in [1.82, 2.24) is 15.6 Å². The average Bonchev–Trinajstić information content (AvgIpc) is 2.87. The first kappa shape index (κ1) is 17.0. The molecule has 0 bridgehead atoms. The fourth-order valence-corrected chi connectivity index (χ4v) is 2.39. The first-order valence-corrected chi connectivity index (χ1v) is 7.74. The molecule has 0 aliphatic heterocycles. The van der Waals surface area contributed by atoms with Gasteiger partial charge in [0.25, 0.3) is 0 Å². The Balaban J connectivity index is 1.75. The van der Waals surface area contributed by atoms with Crippen LogP contribution in [0.15, 0.2) is 24.4 Å². The second-order valence-electron chi connectivity index (χ2n) is 5.98. The van der Waals surface area contributed by atoms with Gasteiger partial charge in [-0.2, -0.15) is 0 Å². The maximum absolute atomic E-state index is 13.1. The Morgan fingerprint density at radius 1 is 1.22 bits per heavy atom. The molecule has 124 valence electrons. The van der Waals surface area contributed by atoms with Crippen molar-refractivity contribution in [3.8, 4) is 0 Å². The Labute approximate surface area is 134 Å². The topological polar surface area (TPSA) is 74.0 Å². The molecule has 2 aromatic rings. The van der Waals surface area contributed by atoms with Gasteiger partial charge in [0.1, 0.15) is 5.82 Å². The smallest absolute Gasteiger partial charge is 0.239 e. The highest BCUT2D eigenvalue weighted by Gasteiger charge is 2.08. The predicted octanol–water partition coefficient (Wildman–Crippen LogP) is 2.13. The highest BCUT2D eigenvalue weighted by molar-refractivity contribution is 5.85. The Bertz CT molecular complexity index is 694. The minimum absolute atomic E-state index is 0.00928. The lowest BCUT2D eigenvalue weighted by molar-refractivity contribution is -0.126. The number of hydrogen-bond donors (Lipinski definition) is 3. The number of aromatic amines is 1. The average molecular weight is 319 g/mol. The van der Waals surface area contributed by atoms with Gasteiger partial charge in [0.05, 0.1) is 6.54 Å². The molecule has 0 aliphatic carbocycles. The quantitative estimate of drug-likeness (QED) is 0.731. The highest BCUT2D eigenvalue weighted by Crippen LogP contribution is 2.19. The van der Waals surface area contributed by atoms with Gasteiger partial charge in [-0.15, -0.1) is 0 Å². The zero-order chi connectivity index (χ0) is 16.8. The molecular weight excluding hydrogens is 297 g/mol. The van der Waals surface area contributed by atoms with E-state index in [-0.39, 0.29) is 30.1 Å². The second kappa shape index (κ2) is 7.76. The summed E-state index contributed by atoms with van der Waals surface area (Å²) in [6.07, 6.45) is 2.87. The van der Waals surface area contributed by atoms with Crippen LogP contribution in [-0.2, 0) is 16.0 Å². The lowest BCUT2D eigenvalue weighted by atomic mass is 10.1. The highest BCUT2D eigenvalue weighted by atomic mass is 19.1. The molecule has 5 nitrogen and oxygen atoms in total. The fourth-order valence-electron chi connectivity index (χ4n) is 2.39. The normalized spacial score (nSPS) is 11.0. The Hall–Kier alpha value is -2.37. The van der Waals surface area contributed by atoms with E-state index in [1.807, 2.05) is 20.0 Å². The SMILES string of the molecule is CC(C)CC(=O)NCC(=O)NCCc1c[nH]c2cc(F)ccc12. The Kier molecular flexibility index (Phi) is 5.73. The van der Waals surface area contributed by atoms with Gasteiger partial charge in [0, 0.05) is 30.1 Å². The molecule has 2 rings (SSSR count). The van der Waals surface area contributed by atoms with Crippen LogP contribution in [0.5, 0.6) is 0 Å². The van der Waals surface area contributed by atoms with Gasteiger partial charge in [-0.05, 0) is 36.1 Å². The van der Waals surface area contributed by atoms with Crippen LogP contribution in [0.4, 0.5) is 4.39 Å². The largest absolute Gasteiger partial charge is 0.361 e. The third-order valence-corrected chi connectivity index (χ3v) is 3.49. The van der Waals surface area contributed by atoms with Crippen molar-refractivity contribution >= 4 is 22.7 Å². The summed E-state index contributed by atoms with van der Waals surface area (Å²) in [5, 5.41) is 6.31. The van der Waals surface area contributed by atoms with Crippen LogP contribution in [0.3, 0.4) is 0 Å². The van der Waals surface area contributed by atoms with Crippen molar-refractivity contribution in [3.63, 3.8) is 0 Å². The van der Waals surface area contributed by atoms with Gasteiger partial charge in [-0.25, -0.2) is 4.39 Å². The summed E-state index contributed by atoms with van der Waals surface area (Å²) in [7, 11) is 0. The molecule has 0 fully saturated rings. The molecule has 1 aromatic heterocycles. The molecule has 0 saturated heterocycles. The number of halogens is 1. The molecule has 1 heterocycles. The fraction of sp³-hybridized carbons (Fsp3) is 0.412. The molecule has 0 spiro atoms. The summed E-state index contributed by atoms with van der Waals surface area (Å²) >= 11 is 0. The summed E-state index contributed by atoms with van der Waals surface area (Å²) in [6.45, 7) is 4.35. The first-order chi connectivity index (χ1) is 11.0. The van der Waals surface area contributed by atoms with Crippen LogP contribution >= 0.6 is 0 Å². The molecule has 0 aliphatic rings. The predicted molar refractivity (Wildman–Crippen MR) is 87.4 cm³/mol. The third-order valence-electron chi connectivity index (χ3n) is 3.49. The summed E-state index contributed by atoms with van der Waals surface area (Å²) < 4.78 is 13.1. The van der Waals surface area contributed by atoms with Crippen molar-refractivity contribution in [2.45, 2.75) is 26.7 Å². The van der Waals surface area contributed by atoms with E-state index in [1.54, 1.807) is 6.07 Å². The van der Waals surface area contributed by atoms with Crippen LogP contribution < -0.4 is 10.6 Å². The van der Waals surface area contributed by atoms with Gasteiger partial charge in [-0.3, -0.25) is 9.59 Å². The molecule has 0 atom stereocenters. The molecule has 0 radical (unpaired) electrons. The van der Waals surface area contributed by atoms with E-state index in [0.717, 1.165) is 16.5 Å². The van der Waals surface area contributed by atoms with Gasteiger partial charge in [0.2, 0.25) is 11.8 Å². The standard InChI is InChI=1S/C17H22FN3O2/c1-11(2)7-16(22)21-10-17(23)19-6-5-12-9-20-15-8-13(18)3-4-14(12)15/h3-4,8-9,11,20H,5-7,10H2,1-2H3,(H,19,23)(H,21,22). The van der Waals surface area contributed by atoms with Crippen LogP contribution in [0.1, 0.15) is 25.8 Å². The molecule has 1 aromatic carbocycles. The minimum Gasteiger partial charge on any atom is -0.361 e. The number of aromatic nitrogens is 1. The number of benzene rings is 1. The molecule has 23 heavy (non-hydrogen) atoms. The summed E-state index contributed by atoms with van der Waals surface area (Å²) in [6, 6.07) is 4.59. The number of H-pyrrole nitrogens is 1. The molecule has 6 heteroatoms. The third kappa shape index (κ3) is 5.09. The molecular formula is C17H22FN3O2. The number of carbonyl (C=O) groups is 2. The first-order valence-electron chi connectivity index (χ1n) is 7.74. The summed E-state index contributed by atoms with van der Waals surface area (Å²) in [4.78, 5) is 26.2. The zero-order valence-electron chi connectivity index (χ0n) is 13.4. The van der Waals surface area contributed by atoms with Gasteiger partial charge >= 0.3 is 0 Å². The number of nitrogens with one attached hydrogen (secondary N) is 3. The molecule has 0 saturated carbocycles. The van der Waals surface area contributed by atoms with E-state index in [9.17, 15) is 14.0 Å². The summed E-state index contributed by atoms with van der Waals surface area (Å²) in [5.41, 5.74) is 1.76. The lowest BCUT2D eigenvalue weighted by Gasteiger charge is -2.08. The van der Waals surface area contributed by atoms with Crippen molar-refractivity contribution in [1.29, 1.82) is 0 Å². The molecule has 0 unspecified atom stereocenters. The van der Waals surface area contributed by atoms with Crippen molar-refractivity contribution in [2.24, 2.45) is 5.92 Å². The molecule has 2 amide bonds. The van der Waals surface area contributed by atoms with E-state index in [0.29, 0.717) is 19.4 Å². The molecule has 3 N–H and O–H groups in total. The summed E-state index contributed by atoms with van der Waals surface area (Å²) in [5.74, 6) is -0.345. The van der Waals surface area contributed by atoms with Gasteiger partial charge in [0.15, 0.2) is 0 Å². The van der Waals surface area contributed by atoms with Gasteiger partial charge in [-0.1, -0.05) is 13.8 Å². The maximum atomic E-state index is 13.1. The van der Waals surface area contributed by atoms with E-state index >= 15 is 0 Å². The van der Waals surface area contributed by atoms with E-state index in [2.05, 4.69) is 15.6 Å². The maximum Gasteiger partial charge on any atom is 0.239 e. The Morgan fingerprint density at radius 2 is 2.00 bits per heavy atom. The number of hydrogen-bond acceptors (Lipinski definition) is 2. The second-order valence-corrected chi connectivity index (χ2v) is 5.98. The van der Waals surface area contributed by atoms with E-state index in [4.69, 9.17) is 0 Å². The number of amides is 2. The zero-order valence-corrected chi connectivity index (χ0v) is 13.4. The van der Waals surface area contributed by atoms with Crippen molar-refractivity contribution in [3.05, 3.63) is 35.8 Å². The van der Waals surface area contributed by atoms with Crippen molar-refractivity contribution in [2.75, 3.05) is 13.1 Å². The van der Waals surface area contributed by atoms with Gasteiger partial charge < -0.3 is 15.6 Å². The number of carbonyl (C=O) groups excluding carboxylic acids is 2. The van der Waals surface area contributed by atoms with Crippen LogP contribution in [-0.4, -0.2) is 29.9 Å². The number of fused-ring (bicyclic) bond motifs is 1. The van der Waals surface area contributed by atoms with Crippen molar-refractivity contribution < 1.29 is 14.0 Å². The van der Waals surface area contributed by atoms with E-state index in [1.165, 1.54) is 12.1 Å². The van der Waals surface area contributed by atoms with Crippen LogP contribution in [0.2, 0.25) is 0 Å². The lowest BCUT2D eigenvalue weighted by Crippen LogP contribution is -2.38. The monoisotopic (exact) mass is 319 g/mol. The Morgan fingerprint density at radius 3 is 2.74 bits per heavy atom. The van der Waals surface area contributed by atoms with Crippen LogP contribution in [0, 0.1) is 11.7 Å².